The number of hydrogen-bond donors (Lipinski definition) is 1. The van der Waals surface area contributed by atoms with E-state index in [0.717, 1.165) is 54.9 Å². The number of aryl methyl sites for hydroxylation is 3. The zero-order valence-electron chi connectivity index (χ0n) is 21.2. The molecule has 2 aliphatic heterocycles. The van der Waals surface area contributed by atoms with Crippen molar-refractivity contribution in [1.82, 2.24) is 14.5 Å². The van der Waals surface area contributed by atoms with Crippen LogP contribution >= 0.6 is 0 Å². The Hall–Kier alpha value is -2.42. The number of ether oxygens (including phenoxy) is 1. The molecule has 2 aromatic rings. The maximum Gasteiger partial charge on any atom is 0.244 e. The van der Waals surface area contributed by atoms with Crippen molar-refractivity contribution >= 4 is 15.9 Å². The first-order chi connectivity index (χ1) is 16.7. The van der Waals surface area contributed by atoms with Crippen LogP contribution in [0.25, 0.3) is 0 Å². The van der Waals surface area contributed by atoms with Crippen LogP contribution in [-0.2, 0) is 21.4 Å². The molecule has 0 saturated carbocycles. The first kappa shape index (κ1) is 25.7. The Balaban J connectivity index is 1.37. The molecule has 1 unspecified atom stereocenters. The number of hydrogen-bond acceptors (Lipinski definition) is 5. The van der Waals surface area contributed by atoms with Crippen molar-refractivity contribution in [1.29, 1.82) is 0 Å². The van der Waals surface area contributed by atoms with Gasteiger partial charge >= 0.3 is 0 Å². The van der Waals surface area contributed by atoms with Gasteiger partial charge in [0.15, 0.2) is 0 Å². The molecule has 190 valence electrons. The standard InChI is InChI=1S/C27H37N3O4S/c1-19-15-20(2)26(21(3)16-19)35(32,33)30-12-6-9-25(30)27(31)28-23-10-13-29(14-11-23)18-22-7-5-8-24(17-22)34-4/h5,7-8,15-17,23,25H,6,9-14,18H2,1-4H3,(H,28,31). The van der Waals surface area contributed by atoms with Crippen LogP contribution in [0.4, 0.5) is 0 Å². The van der Waals surface area contributed by atoms with Crippen molar-refractivity contribution in [2.24, 2.45) is 0 Å². The third-order valence-electron chi connectivity index (χ3n) is 7.15. The summed E-state index contributed by atoms with van der Waals surface area (Å²) in [4.78, 5) is 15.9. The van der Waals surface area contributed by atoms with Crippen molar-refractivity contribution < 1.29 is 17.9 Å². The second kappa shape index (κ2) is 10.7. The summed E-state index contributed by atoms with van der Waals surface area (Å²) in [5, 5.41) is 3.16. The summed E-state index contributed by atoms with van der Waals surface area (Å²) in [6.45, 7) is 8.63. The van der Waals surface area contributed by atoms with Gasteiger partial charge < -0.3 is 10.1 Å². The number of likely N-dealkylation sites (tertiary alicyclic amines) is 1. The predicted octanol–water partition coefficient (Wildman–Crippen LogP) is 3.55. The van der Waals surface area contributed by atoms with Crippen LogP contribution in [0.5, 0.6) is 5.75 Å². The number of methoxy groups -OCH3 is 1. The molecule has 0 aromatic heterocycles. The van der Waals surface area contributed by atoms with Crippen molar-refractivity contribution in [2.45, 2.75) is 70.0 Å². The maximum absolute atomic E-state index is 13.6. The van der Waals surface area contributed by atoms with E-state index in [0.29, 0.717) is 24.3 Å². The molecule has 0 spiro atoms. The Bertz CT molecular complexity index is 1150. The molecule has 35 heavy (non-hydrogen) atoms. The third-order valence-corrected chi connectivity index (χ3v) is 9.37. The average Bonchev–Trinajstić information content (AvgIpc) is 3.31. The lowest BCUT2D eigenvalue weighted by molar-refractivity contribution is -0.125. The van der Waals surface area contributed by atoms with E-state index in [1.54, 1.807) is 7.11 Å². The first-order valence-corrected chi connectivity index (χ1v) is 13.9. The molecular formula is C27H37N3O4S. The highest BCUT2D eigenvalue weighted by atomic mass is 32.2. The fourth-order valence-corrected chi connectivity index (χ4v) is 7.61. The lowest BCUT2D eigenvalue weighted by Crippen LogP contribution is -2.51. The highest BCUT2D eigenvalue weighted by Gasteiger charge is 2.41. The number of rotatable bonds is 7. The predicted molar refractivity (Wildman–Crippen MR) is 137 cm³/mol. The highest BCUT2D eigenvalue weighted by molar-refractivity contribution is 7.89. The van der Waals surface area contributed by atoms with Gasteiger partial charge in [-0.3, -0.25) is 9.69 Å². The van der Waals surface area contributed by atoms with Crippen molar-refractivity contribution in [3.8, 4) is 5.75 Å². The summed E-state index contributed by atoms with van der Waals surface area (Å²) in [5.41, 5.74) is 3.71. The molecule has 1 atom stereocenters. The maximum atomic E-state index is 13.6. The van der Waals surface area contributed by atoms with Gasteiger partial charge in [0.25, 0.3) is 0 Å². The Labute approximate surface area is 209 Å². The Kier molecular flexibility index (Phi) is 7.83. The number of nitrogens with zero attached hydrogens (tertiary/aromatic N) is 2. The van der Waals surface area contributed by atoms with Crippen LogP contribution in [0.1, 0.15) is 47.9 Å². The third kappa shape index (κ3) is 5.71. The van der Waals surface area contributed by atoms with E-state index in [1.165, 1.54) is 9.87 Å². The van der Waals surface area contributed by atoms with E-state index in [2.05, 4.69) is 22.3 Å². The van der Waals surface area contributed by atoms with Gasteiger partial charge in [0.1, 0.15) is 11.8 Å². The molecule has 0 bridgehead atoms. The minimum Gasteiger partial charge on any atom is -0.497 e. The average molecular weight is 500 g/mol. The van der Waals surface area contributed by atoms with E-state index < -0.39 is 16.1 Å². The second-order valence-corrected chi connectivity index (χ2v) is 11.7. The fraction of sp³-hybridized carbons (Fsp3) is 0.519. The van der Waals surface area contributed by atoms with Crippen LogP contribution in [0.2, 0.25) is 0 Å². The number of nitrogens with one attached hydrogen (secondary N) is 1. The van der Waals surface area contributed by atoms with Crippen molar-refractivity contribution in [3.63, 3.8) is 0 Å². The number of piperidine rings is 1. The van der Waals surface area contributed by atoms with Gasteiger partial charge in [-0.2, -0.15) is 4.31 Å². The van der Waals surface area contributed by atoms with Crippen molar-refractivity contribution in [3.05, 3.63) is 58.7 Å². The van der Waals surface area contributed by atoms with Gasteiger partial charge in [0, 0.05) is 32.2 Å². The number of carbonyl (C=O) groups is 1. The molecule has 2 fully saturated rings. The summed E-state index contributed by atoms with van der Waals surface area (Å²) in [7, 11) is -2.07. The highest BCUT2D eigenvalue weighted by Crippen LogP contribution is 2.31. The molecular weight excluding hydrogens is 462 g/mol. The van der Waals surface area contributed by atoms with E-state index in [1.807, 2.05) is 45.0 Å². The van der Waals surface area contributed by atoms with Gasteiger partial charge in [-0.05, 0) is 75.3 Å². The van der Waals surface area contributed by atoms with Crippen molar-refractivity contribution in [2.75, 3.05) is 26.7 Å². The second-order valence-electron chi connectivity index (χ2n) is 9.91. The van der Waals surface area contributed by atoms with Crippen LogP contribution in [-0.4, -0.2) is 62.4 Å². The summed E-state index contributed by atoms with van der Waals surface area (Å²) in [6, 6.07) is 11.3. The Morgan fingerprint density at radius 3 is 2.37 bits per heavy atom. The topological polar surface area (TPSA) is 79.0 Å². The summed E-state index contributed by atoms with van der Waals surface area (Å²) >= 11 is 0. The van der Waals surface area contributed by atoms with Crippen LogP contribution in [0, 0.1) is 20.8 Å². The molecule has 2 saturated heterocycles. The number of carbonyl (C=O) groups excluding carboxylic acids is 1. The number of benzene rings is 2. The molecule has 7 nitrogen and oxygen atoms in total. The monoisotopic (exact) mass is 499 g/mol. The van der Waals surface area contributed by atoms with E-state index in [9.17, 15) is 13.2 Å². The molecule has 8 heteroatoms. The lowest BCUT2D eigenvalue weighted by atomic mass is 10.0. The Morgan fingerprint density at radius 1 is 1.03 bits per heavy atom. The molecule has 1 amide bonds. The minimum absolute atomic E-state index is 0.0667. The van der Waals surface area contributed by atoms with Gasteiger partial charge in [-0.1, -0.05) is 29.8 Å². The Morgan fingerprint density at radius 2 is 1.71 bits per heavy atom. The largest absolute Gasteiger partial charge is 0.497 e. The summed E-state index contributed by atoms with van der Waals surface area (Å²) < 4.78 is 33.9. The van der Waals surface area contributed by atoms with E-state index in [4.69, 9.17) is 4.74 Å². The molecule has 2 aromatic carbocycles. The first-order valence-electron chi connectivity index (χ1n) is 12.4. The van der Waals surface area contributed by atoms with Crippen LogP contribution < -0.4 is 10.1 Å². The SMILES string of the molecule is COc1cccc(CN2CCC(NC(=O)C3CCCN3S(=O)(=O)c3c(C)cc(C)cc3C)CC2)c1. The molecule has 2 aliphatic rings. The lowest BCUT2D eigenvalue weighted by Gasteiger charge is -2.33. The molecule has 1 N–H and O–H groups in total. The summed E-state index contributed by atoms with van der Waals surface area (Å²) in [5.74, 6) is 0.691. The van der Waals surface area contributed by atoms with Crippen LogP contribution in [0.3, 0.4) is 0 Å². The molecule has 0 radical (unpaired) electrons. The normalized spacial score (nSPS) is 20.2. The molecule has 0 aliphatic carbocycles. The van der Waals surface area contributed by atoms with E-state index >= 15 is 0 Å². The summed E-state index contributed by atoms with van der Waals surface area (Å²) in [6.07, 6.45) is 2.96. The van der Waals surface area contributed by atoms with Gasteiger partial charge in [0.2, 0.25) is 15.9 Å². The van der Waals surface area contributed by atoms with Gasteiger partial charge in [-0.25, -0.2) is 8.42 Å². The smallest absolute Gasteiger partial charge is 0.244 e. The van der Waals surface area contributed by atoms with Crippen LogP contribution in [0.15, 0.2) is 41.3 Å². The van der Waals surface area contributed by atoms with Gasteiger partial charge in [0.05, 0.1) is 12.0 Å². The van der Waals surface area contributed by atoms with Gasteiger partial charge in [-0.15, -0.1) is 0 Å². The minimum atomic E-state index is -3.75. The molecule has 4 rings (SSSR count). The zero-order valence-corrected chi connectivity index (χ0v) is 22.0. The molecule has 2 heterocycles. The quantitative estimate of drug-likeness (QED) is 0.630. The zero-order chi connectivity index (χ0) is 25.2. The number of sulfonamides is 1. The number of amides is 1. The fourth-order valence-electron chi connectivity index (χ4n) is 5.54. The van der Waals surface area contributed by atoms with E-state index in [-0.39, 0.29) is 11.9 Å².